The van der Waals surface area contributed by atoms with Gasteiger partial charge in [-0.1, -0.05) is 71.6 Å². The number of anilines is 1. The van der Waals surface area contributed by atoms with Crippen LogP contribution in [0.5, 0.6) is 0 Å². The predicted molar refractivity (Wildman–Crippen MR) is 143 cm³/mol. The minimum absolute atomic E-state index is 0.00745. The van der Waals surface area contributed by atoms with Crippen LogP contribution in [0.2, 0.25) is 0 Å². The Morgan fingerprint density at radius 1 is 1.03 bits per heavy atom. The molecule has 1 spiro atoms. The summed E-state index contributed by atoms with van der Waals surface area (Å²) < 4.78 is 0. The highest BCUT2D eigenvalue weighted by atomic mass is 32.2. The molecule has 1 aromatic carbocycles. The van der Waals surface area contributed by atoms with Crippen LogP contribution in [0.1, 0.15) is 102 Å². The summed E-state index contributed by atoms with van der Waals surface area (Å²) in [5, 5.41) is 3.28. The van der Waals surface area contributed by atoms with E-state index in [1.807, 2.05) is 16.7 Å². The number of rotatable bonds is 6. The lowest BCUT2D eigenvalue weighted by atomic mass is 9.92. The number of thioether (sulfide) groups is 1. The number of likely N-dealkylation sites (tertiary alicyclic amines) is 1. The molecule has 0 bridgehead atoms. The highest BCUT2D eigenvalue weighted by molar-refractivity contribution is 8.00. The van der Waals surface area contributed by atoms with E-state index in [2.05, 4.69) is 56.1 Å². The van der Waals surface area contributed by atoms with Crippen LogP contribution in [-0.2, 0) is 4.79 Å². The highest BCUT2D eigenvalue weighted by Crippen LogP contribution is 2.45. The number of carbonyl (C=O) groups is 2. The smallest absolute Gasteiger partial charge is 0.321 e. The summed E-state index contributed by atoms with van der Waals surface area (Å²) in [4.78, 5) is 30.5. The predicted octanol–water partition coefficient (Wildman–Crippen LogP) is 6.80. The zero-order valence-corrected chi connectivity index (χ0v) is 22.4. The van der Waals surface area contributed by atoms with Crippen LogP contribution in [0.4, 0.5) is 10.5 Å². The van der Waals surface area contributed by atoms with E-state index in [9.17, 15) is 9.59 Å². The van der Waals surface area contributed by atoms with Crippen molar-refractivity contribution >= 4 is 29.4 Å². The molecule has 2 aliphatic heterocycles. The van der Waals surface area contributed by atoms with Crippen molar-refractivity contribution in [3.05, 3.63) is 29.3 Å². The molecule has 188 valence electrons. The van der Waals surface area contributed by atoms with Gasteiger partial charge in [0.1, 0.15) is 0 Å². The van der Waals surface area contributed by atoms with Gasteiger partial charge < -0.3 is 15.1 Å². The van der Waals surface area contributed by atoms with Crippen molar-refractivity contribution in [3.8, 4) is 0 Å². The van der Waals surface area contributed by atoms with Gasteiger partial charge in [-0.25, -0.2) is 4.79 Å². The lowest BCUT2D eigenvalue weighted by molar-refractivity contribution is -0.134. The number of hydrogen-bond donors (Lipinski definition) is 1. The van der Waals surface area contributed by atoms with E-state index in [0.29, 0.717) is 37.3 Å². The molecule has 1 aromatic rings. The molecule has 0 unspecified atom stereocenters. The van der Waals surface area contributed by atoms with Gasteiger partial charge in [0.15, 0.2) is 0 Å². The third kappa shape index (κ3) is 5.42. The maximum Gasteiger partial charge on any atom is 0.321 e. The second kappa shape index (κ2) is 10.9. The first kappa shape index (κ1) is 25.4. The van der Waals surface area contributed by atoms with Crippen molar-refractivity contribution in [2.24, 2.45) is 5.92 Å². The van der Waals surface area contributed by atoms with Crippen LogP contribution in [0.25, 0.3) is 0 Å². The fourth-order valence-electron chi connectivity index (χ4n) is 6.08. The number of nitrogens with zero attached hydrogens (tertiary/aromatic N) is 2. The standard InChI is InChI=1S/C28H43N3O2S/c1-20(2)23-10-7-11-24(21(3)4)26(23)29-27(33)30-16-14-28(15-17-30)31(18-19-34-28)25(32)13-12-22-8-5-6-9-22/h7,10-11,20-22H,5-6,8-9,12-19H2,1-4H3,(H,29,33). The Labute approximate surface area is 210 Å². The first-order valence-corrected chi connectivity index (χ1v) is 14.4. The third-order valence-corrected chi connectivity index (χ3v) is 9.71. The van der Waals surface area contributed by atoms with E-state index >= 15 is 0 Å². The summed E-state index contributed by atoms with van der Waals surface area (Å²) in [6.45, 7) is 11.0. The van der Waals surface area contributed by atoms with Crippen molar-refractivity contribution in [1.29, 1.82) is 0 Å². The number of hydrogen-bond acceptors (Lipinski definition) is 3. The normalized spacial score (nSPS) is 20.6. The summed E-state index contributed by atoms with van der Waals surface area (Å²) in [7, 11) is 0. The first-order chi connectivity index (χ1) is 16.3. The maximum atomic E-state index is 13.3. The Kier molecular flexibility index (Phi) is 8.16. The van der Waals surface area contributed by atoms with E-state index in [1.165, 1.54) is 36.8 Å². The van der Waals surface area contributed by atoms with Gasteiger partial charge in [-0.2, -0.15) is 0 Å². The van der Waals surface area contributed by atoms with Gasteiger partial charge >= 0.3 is 6.03 Å². The minimum atomic E-state index is -0.109. The third-order valence-electron chi connectivity index (χ3n) is 8.16. The first-order valence-electron chi connectivity index (χ1n) is 13.4. The summed E-state index contributed by atoms with van der Waals surface area (Å²) in [6.07, 6.45) is 8.75. The van der Waals surface area contributed by atoms with Gasteiger partial charge in [0.25, 0.3) is 0 Å². The van der Waals surface area contributed by atoms with E-state index in [-0.39, 0.29) is 10.9 Å². The van der Waals surface area contributed by atoms with Gasteiger partial charge in [-0.05, 0) is 48.1 Å². The maximum absolute atomic E-state index is 13.3. The molecule has 4 rings (SSSR count). The van der Waals surface area contributed by atoms with Crippen LogP contribution in [-0.4, -0.2) is 52.0 Å². The number of piperidine rings is 1. The molecular weight excluding hydrogens is 442 g/mol. The summed E-state index contributed by atoms with van der Waals surface area (Å²) in [5.41, 5.74) is 3.37. The van der Waals surface area contributed by atoms with E-state index in [4.69, 9.17) is 0 Å². The Morgan fingerprint density at radius 3 is 2.24 bits per heavy atom. The summed E-state index contributed by atoms with van der Waals surface area (Å²) in [5.74, 6) is 2.79. The second-order valence-corrected chi connectivity index (χ2v) is 12.5. The molecule has 3 amide bonds. The molecule has 0 aromatic heterocycles. The molecule has 2 saturated heterocycles. The van der Waals surface area contributed by atoms with Crippen molar-refractivity contribution < 1.29 is 9.59 Å². The largest absolute Gasteiger partial charge is 0.327 e. The number of para-hydroxylation sites is 1. The van der Waals surface area contributed by atoms with Gasteiger partial charge in [-0.15, -0.1) is 11.8 Å². The summed E-state index contributed by atoms with van der Waals surface area (Å²) >= 11 is 1.94. The van der Waals surface area contributed by atoms with Gasteiger partial charge in [0.05, 0.1) is 4.87 Å². The average Bonchev–Trinajstić information content (AvgIpc) is 3.48. The molecule has 0 atom stereocenters. The Morgan fingerprint density at radius 2 is 1.65 bits per heavy atom. The molecule has 6 heteroatoms. The minimum Gasteiger partial charge on any atom is -0.327 e. The van der Waals surface area contributed by atoms with Gasteiger partial charge in [0.2, 0.25) is 5.91 Å². The Hall–Kier alpha value is -1.69. The molecule has 1 aliphatic carbocycles. The average molecular weight is 486 g/mol. The number of urea groups is 1. The SMILES string of the molecule is CC(C)c1cccc(C(C)C)c1NC(=O)N1CCC2(CC1)SCCN2C(=O)CCC1CCCC1. The van der Waals surface area contributed by atoms with Gasteiger partial charge in [0, 0.05) is 37.5 Å². The molecule has 5 nitrogen and oxygen atoms in total. The number of nitrogens with one attached hydrogen (secondary N) is 1. The number of carbonyl (C=O) groups excluding carboxylic acids is 2. The summed E-state index contributed by atoms with van der Waals surface area (Å²) in [6, 6.07) is 6.34. The lowest BCUT2D eigenvalue weighted by Crippen LogP contribution is -2.54. The van der Waals surface area contributed by atoms with Crippen LogP contribution < -0.4 is 5.32 Å². The number of benzene rings is 1. The Bertz CT molecular complexity index is 844. The Balaban J connectivity index is 1.38. The lowest BCUT2D eigenvalue weighted by Gasteiger charge is -2.44. The monoisotopic (exact) mass is 485 g/mol. The fraction of sp³-hybridized carbons (Fsp3) is 0.714. The van der Waals surface area contributed by atoms with E-state index in [1.54, 1.807) is 0 Å². The van der Waals surface area contributed by atoms with Crippen LogP contribution in [0.15, 0.2) is 18.2 Å². The zero-order chi connectivity index (χ0) is 24.3. The van der Waals surface area contributed by atoms with E-state index in [0.717, 1.165) is 43.2 Å². The zero-order valence-electron chi connectivity index (χ0n) is 21.6. The van der Waals surface area contributed by atoms with Crippen molar-refractivity contribution in [2.45, 2.75) is 95.8 Å². The quantitative estimate of drug-likeness (QED) is 0.482. The van der Waals surface area contributed by atoms with Crippen molar-refractivity contribution in [3.63, 3.8) is 0 Å². The fourth-order valence-corrected chi connectivity index (χ4v) is 7.55. The van der Waals surface area contributed by atoms with Crippen molar-refractivity contribution in [1.82, 2.24) is 9.80 Å². The molecule has 2 heterocycles. The van der Waals surface area contributed by atoms with Crippen molar-refractivity contribution in [2.75, 3.05) is 30.7 Å². The molecule has 3 aliphatic rings. The molecule has 3 fully saturated rings. The van der Waals surface area contributed by atoms with E-state index < -0.39 is 0 Å². The highest BCUT2D eigenvalue weighted by Gasteiger charge is 2.46. The topological polar surface area (TPSA) is 52.7 Å². The molecular formula is C28H43N3O2S. The molecule has 34 heavy (non-hydrogen) atoms. The van der Waals surface area contributed by atoms with Gasteiger partial charge in [-0.3, -0.25) is 4.79 Å². The molecule has 0 radical (unpaired) electrons. The van der Waals surface area contributed by atoms with Crippen LogP contribution in [0.3, 0.4) is 0 Å². The van der Waals surface area contributed by atoms with Crippen LogP contribution >= 0.6 is 11.8 Å². The second-order valence-electron chi connectivity index (χ2n) is 11.1. The molecule has 1 saturated carbocycles. The number of amides is 3. The van der Waals surface area contributed by atoms with Crippen LogP contribution in [0, 0.1) is 5.92 Å². The molecule has 1 N–H and O–H groups in total.